The third-order valence-corrected chi connectivity index (χ3v) is 6.09. The third kappa shape index (κ3) is 3.45. The lowest BCUT2D eigenvalue weighted by atomic mass is 10.1. The average molecular weight is 392 g/mol. The predicted octanol–water partition coefficient (Wildman–Crippen LogP) is 4.63. The first-order valence-corrected chi connectivity index (χ1v) is 10.1. The number of amides is 1. The van der Waals surface area contributed by atoms with E-state index in [2.05, 4.69) is 25.5 Å². The molecule has 0 spiro atoms. The molecule has 0 saturated heterocycles. The van der Waals surface area contributed by atoms with Crippen LogP contribution in [0.2, 0.25) is 0 Å². The smallest absolute Gasteiger partial charge is 0.237 e. The Morgan fingerprint density at radius 1 is 1.14 bits per heavy atom. The number of H-pyrrole nitrogens is 1. The lowest BCUT2D eigenvalue weighted by Gasteiger charge is -2.15. The molecule has 0 aliphatic heterocycles. The molecule has 2 aromatic heterocycles. The van der Waals surface area contributed by atoms with Crippen LogP contribution in [-0.2, 0) is 4.79 Å². The maximum Gasteiger partial charge on any atom is 0.237 e. The minimum Gasteiger partial charge on any atom is -0.338 e. The second kappa shape index (κ2) is 7.59. The van der Waals surface area contributed by atoms with Gasteiger partial charge in [-0.15, -0.1) is 10.2 Å². The summed E-state index contributed by atoms with van der Waals surface area (Å²) in [5, 5.41) is 12.8. The molecule has 0 radical (unpaired) electrons. The summed E-state index contributed by atoms with van der Waals surface area (Å²) < 4.78 is 0. The molecular formula is C21H21N5OS. The lowest BCUT2D eigenvalue weighted by Crippen LogP contribution is -2.25. The number of nitrogens with zero attached hydrogens (tertiary/aromatic N) is 3. The number of thioether (sulfide) groups is 1. The van der Waals surface area contributed by atoms with Gasteiger partial charge < -0.3 is 10.3 Å². The summed E-state index contributed by atoms with van der Waals surface area (Å²) in [7, 11) is 0. The van der Waals surface area contributed by atoms with E-state index in [-0.39, 0.29) is 11.2 Å². The van der Waals surface area contributed by atoms with E-state index in [0.717, 1.165) is 33.2 Å². The minimum atomic E-state index is -0.302. The van der Waals surface area contributed by atoms with Crippen LogP contribution in [0.1, 0.15) is 24.5 Å². The van der Waals surface area contributed by atoms with Gasteiger partial charge in [-0.3, -0.25) is 4.79 Å². The molecule has 7 heteroatoms. The molecular weight excluding hydrogens is 370 g/mol. The van der Waals surface area contributed by atoms with E-state index in [1.165, 1.54) is 11.8 Å². The van der Waals surface area contributed by atoms with Gasteiger partial charge in [0.1, 0.15) is 5.52 Å². The van der Waals surface area contributed by atoms with Crippen molar-refractivity contribution in [2.24, 2.45) is 0 Å². The van der Waals surface area contributed by atoms with Crippen molar-refractivity contribution in [3.8, 4) is 0 Å². The molecule has 28 heavy (non-hydrogen) atoms. The maximum absolute atomic E-state index is 12.8. The molecule has 1 amide bonds. The highest BCUT2D eigenvalue weighted by molar-refractivity contribution is 8.00. The number of benzene rings is 2. The van der Waals surface area contributed by atoms with Gasteiger partial charge >= 0.3 is 0 Å². The van der Waals surface area contributed by atoms with Gasteiger partial charge in [-0.05, 0) is 43.5 Å². The zero-order valence-electron chi connectivity index (χ0n) is 16.0. The summed E-state index contributed by atoms with van der Waals surface area (Å²) in [5.41, 5.74) is 5.47. The Morgan fingerprint density at radius 3 is 2.79 bits per heavy atom. The van der Waals surface area contributed by atoms with E-state index in [9.17, 15) is 4.79 Å². The highest BCUT2D eigenvalue weighted by Gasteiger charge is 2.21. The lowest BCUT2D eigenvalue weighted by molar-refractivity contribution is -0.115. The number of hydrogen-bond acceptors (Lipinski definition) is 5. The average Bonchev–Trinajstić information content (AvgIpc) is 3.07. The Hall–Kier alpha value is -2.93. The number of para-hydroxylation sites is 1. The molecule has 2 heterocycles. The van der Waals surface area contributed by atoms with Crippen LogP contribution in [0, 0.1) is 13.8 Å². The number of aryl methyl sites for hydroxylation is 1. The van der Waals surface area contributed by atoms with Crippen LogP contribution in [0.25, 0.3) is 22.1 Å². The molecule has 2 N–H and O–H groups in total. The first-order valence-electron chi connectivity index (χ1n) is 9.21. The quantitative estimate of drug-likeness (QED) is 0.485. The molecule has 0 saturated carbocycles. The Labute approximate surface area is 167 Å². The van der Waals surface area contributed by atoms with Gasteiger partial charge in [0.15, 0.2) is 5.65 Å². The van der Waals surface area contributed by atoms with Crippen molar-refractivity contribution in [3.63, 3.8) is 0 Å². The number of nitrogens with one attached hydrogen (secondary N) is 2. The number of rotatable bonds is 5. The molecule has 142 valence electrons. The van der Waals surface area contributed by atoms with Crippen LogP contribution < -0.4 is 5.32 Å². The van der Waals surface area contributed by atoms with Crippen molar-refractivity contribution in [1.82, 2.24) is 20.2 Å². The molecule has 0 bridgehead atoms. The van der Waals surface area contributed by atoms with Gasteiger partial charge in [-0.25, -0.2) is 4.98 Å². The first-order chi connectivity index (χ1) is 13.6. The van der Waals surface area contributed by atoms with Crippen molar-refractivity contribution >= 4 is 45.4 Å². The molecule has 0 aliphatic rings. The van der Waals surface area contributed by atoms with E-state index in [0.29, 0.717) is 17.2 Å². The topological polar surface area (TPSA) is 83.6 Å². The van der Waals surface area contributed by atoms with Crippen LogP contribution >= 0.6 is 11.8 Å². The minimum absolute atomic E-state index is 0.0541. The van der Waals surface area contributed by atoms with Crippen LogP contribution in [0.4, 0.5) is 5.69 Å². The number of carbonyl (C=O) groups excluding carboxylic acids is 1. The van der Waals surface area contributed by atoms with Crippen LogP contribution in [0.5, 0.6) is 0 Å². The monoisotopic (exact) mass is 391 g/mol. The van der Waals surface area contributed by atoms with Crippen molar-refractivity contribution in [1.29, 1.82) is 0 Å². The van der Waals surface area contributed by atoms with Gasteiger partial charge in [-0.1, -0.05) is 49.0 Å². The van der Waals surface area contributed by atoms with E-state index in [1.54, 1.807) is 0 Å². The molecule has 6 nitrogen and oxygen atoms in total. The summed E-state index contributed by atoms with van der Waals surface area (Å²) in [4.78, 5) is 20.6. The second-order valence-corrected chi connectivity index (χ2v) is 7.88. The van der Waals surface area contributed by atoms with E-state index < -0.39 is 0 Å². The zero-order chi connectivity index (χ0) is 19.7. The van der Waals surface area contributed by atoms with Gasteiger partial charge in [0.2, 0.25) is 11.1 Å². The van der Waals surface area contributed by atoms with Gasteiger partial charge in [-0.2, -0.15) is 0 Å². The summed E-state index contributed by atoms with van der Waals surface area (Å²) >= 11 is 1.33. The van der Waals surface area contributed by atoms with Crippen molar-refractivity contribution in [2.45, 2.75) is 37.6 Å². The fourth-order valence-corrected chi connectivity index (χ4v) is 3.92. The molecule has 4 aromatic rings. The SMILES string of the molecule is CCC(Sc1nnc2c(n1)[nH]c1ccccc12)C(=O)Nc1cccc(C)c1C. The number of carbonyl (C=O) groups is 1. The number of hydrogen-bond donors (Lipinski definition) is 2. The van der Waals surface area contributed by atoms with E-state index in [4.69, 9.17) is 0 Å². The Balaban J connectivity index is 1.56. The van der Waals surface area contributed by atoms with Crippen molar-refractivity contribution in [3.05, 3.63) is 53.6 Å². The Bertz CT molecular complexity index is 1170. The zero-order valence-corrected chi connectivity index (χ0v) is 16.8. The Morgan fingerprint density at radius 2 is 1.96 bits per heavy atom. The standard InChI is InChI=1S/C21H21N5OS/c1-4-17(20(27)23-15-11-7-8-12(2)13(15)3)28-21-24-19-18(25-26-21)14-9-5-6-10-16(14)22-19/h5-11,17H,4H2,1-3H3,(H,23,27)(H,22,24,26). The molecule has 0 fully saturated rings. The predicted molar refractivity (Wildman–Crippen MR) is 114 cm³/mol. The highest BCUT2D eigenvalue weighted by atomic mass is 32.2. The molecule has 2 aromatic carbocycles. The summed E-state index contributed by atoms with van der Waals surface area (Å²) in [6.45, 7) is 6.03. The fraction of sp³-hybridized carbons (Fsp3) is 0.238. The van der Waals surface area contributed by atoms with Crippen LogP contribution in [0.3, 0.4) is 0 Å². The van der Waals surface area contributed by atoms with E-state index in [1.807, 2.05) is 63.2 Å². The number of anilines is 1. The van der Waals surface area contributed by atoms with Gasteiger partial charge in [0.25, 0.3) is 0 Å². The molecule has 1 unspecified atom stereocenters. The molecule has 0 aliphatic carbocycles. The van der Waals surface area contributed by atoms with E-state index >= 15 is 0 Å². The molecule has 4 rings (SSSR count). The summed E-state index contributed by atoms with van der Waals surface area (Å²) in [6, 6.07) is 13.8. The Kier molecular flexibility index (Phi) is 5.00. The van der Waals surface area contributed by atoms with Crippen LogP contribution in [0.15, 0.2) is 47.6 Å². The number of fused-ring (bicyclic) bond motifs is 3. The number of aromatic amines is 1. The second-order valence-electron chi connectivity index (χ2n) is 6.71. The number of aromatic nitrogens is 4. The largest absolute Gasteiger partial charge is 0.338 e. The first kappa shape index (κ1) is 18.4. The third-order valence-electron chi connectivity index (χ3n) is 4.88. The fourth-order valence-electron chi connectivity index (χ4n) is 3.10. The summed E-state index contributed by atoms with van der Waals surface area (Å²) in [5.74, 6) is -0.0541. The highest BCUT2D eigenvalue weighted by Crippen LogP contribution is 2.27. The van der Waals surface area contributed by atoms with Crippen molar-refractivity contribution in [2.75, 3.05) is 5.32 Å². The normalized spacial score (nSPS) is 12.4. The van der Waals surface area contributed by atoms with Crippen molar-refractivity contribution < 1.29 is 4.79 Å². The van der Waals surface area contributed by atoms with Crippen LogP contribution in [-0.4, -0.2) is 31.3 Å². The maximum atomic E-state index is 12.8. The van der Waals surface area contributed by atoms with Gasteiger partial charge in [0, 0.05) is 16.6 Å². The summed E-state index contributed by atoms with van der Waals surface area (Å²) in [6.07, 6.45) is 0.662. The molecule has 1 atom stereocenters. The van der Waals surface area contributed by atoms with Gasteiger partial charge in [0.05, 0.1) is 5.25 Å².